The van der Waals surface area contributed by atoms with E-state index in [1.165, 1.54) is 0 Å². The molecule has 0 aliphatic heterocycles. The maximum Gasteiger partial charge on any atom is 0.319 e. The van der Waals surface area contributed by atoms with Crippen LogP contribution in [0.5, 0.6) is 0 Å². The molecule has 1 saturated carbocycles. The minimum atomic E-state index is -0.263. The number of nitrogens with two attached hydrogens (primary N) is 1. The topological polar surface area (TPSA) is 96.2 Å². The first-order valence-electron chi connectivity index (χ1n) is 7.35. The van der Waals surface area contributed by atoms with Crippen LogP contribution in [0.3, 0.4) is 0 Å². The maximum absolute atomic E-state index is 12.0. The minimum Gasteiger partial charge on any atom is -0.351 e. The molecule has 0 spiro atoms. The molecule has 2 rings (SSSR count). The predicted molar refractivity (Wildman–Crippen MR) is 82.2 cm³/mol. The minimum absolute atomic E-state index is 0.239. The number of benzene rings is 1. The summed E-state index contributed by atoms with van der Waals surface area (Å²) >= 11 is 0. The fourth-order valence-electron chi connectivity index (χ4n) is 2.48. The molecule has 1 fully saturated rings. The molecule has 0 bridgehead atoms. The van der Waals surface area contributed by atoms with Crippen molar-refractivity contribution in [2.75, 3.05) is 18.4 Å². The third kappa shape index (κ3) is 4.46. The highest BCUT2D eigenvalue weighted by Crippen LogP contribution is 2.18. The van der Waals surface area contributed by atoms with Crippen LogP contribution in [0.2, 0.25) is 0 Å². The summed E-state index contributed by atoms with van der Waals surface area (Å²) in [5.41, 5.74) is 6.31. The summed E-state index contributed by atoms with van der Waals surface area (Å²) < 4.78 is 0. The molecule has 6 heteroatoms. The highest BCUT2D eigenvalue weighted by Gasteiger charge is 2.18. The fraction of sp³-hybridized carbons (Fsp3) is 0.467. The Morgan fingerprint density at radius 3 is 2.62 bits per heavy atom. The summed E-state index contributed by atoms with van der Waals surface area (Å²) in [5.74, 6) is -0.239. The summed E-state index contributed by atoms with van der Waals surface area (Å²) in [6.07, 6.45) is 4.35. The number of hydrogen-bond donors (Lipinski definition) is 4. The summed E-state index contributed by atoms with van der Waals surface area (Å²) in [6, 6.07) is 6.91. The van der Waals surface area contributed by atoms with E-state index >= 15 is 0 Å². The van der Waals surface area contributed by atoms with Crippen molar-refractivity contribution < 1.29 is 9.59 Å². The van der Waals surface area contributed by atoms with E-state index in [2.05, 4.69) is 16.0 Å². The zero-order valence-corrected chi connectivity index (χ0v) is 12.0. The highest BCUT2D eigenvalue weighted by atomic mass is 16.2. The van der Waals surface area contributed by atoms with Gasteiger partial charge in [0.15, 0.2) is 0 Å². The van der Waals surface area contributed by atoms with E-state index in [4.69, 9.17) is 5.73 Å². The van der Waals surface area contributed by atoms with Gasteiger partial charge in [-0.2, -0.15) is 0 Å². The highest BCUT2D eigenvalue weighted by molar-refractivity contribution is 6.03. The van der Waals surface area contributed by atoms with E-state index in [0.717, 1.165) is 25.7 Å². The van der Waals surface area contributed by atoms with E-state index in [9.17, 15) is 9.59 Å². The molecule has 21 heavy (non-hydrogen) atoms. The molecular formula is C15H22N4O2. The van der Waals surface area contributed by atoms with Crippen LogP contribution in [0.25, 0.3) is 0 Å². The first-order valence-corrected chi connectivity index (χ1v) is 7.35. The summed E-state index contributed by atoms with van der Waals surface area (Å²) in [4.78, 5) is 24.0. The van der Waals surface area contributed by atoms with Crippen LogP contribution < -0.4 is 21.7 Å². The molecule has 1 aliphatic carbocycles. The van der Waals surface area contributed by atoms with Gasteiger partial charge in [0, 0.05) is 19.1 Å². The van der Waals surface area contributed by atoms with E-state index in [0.29, 0.717) is 24.3 Å². The van der Waals surface area contributed by atoms with Gasteiger partial charge in [-0.1, -0.05) is 25.0 Å². The molecule has 1 aromatic rings. The van der Waals surface area contributed by atoms with Gasteiger partial charge in [0.1, 0.15) is 0 Å². The van der Waals surface area contributed by atoms with E-state index in [1.807, 2.05) is 0 Å². The lowest BCUT2D eigenvalue weighted by atomic mass is 10.1. The Morgan fingerprint density at radius 1 is 1.19 bits per heavy atom. The molecule has 0 aromatic heterocycles. The van der Waals surface area contributed by atoms with E-state index in [-0.39, 0.29) is 18.0 Å². The Kier molecular flexibility index (Phi) is 5.57. The van der Waals surface area contributed by atoms with Crippen molar-refractivity contribution in [3.05, 3.63) is 29.8 Å². The summed E-state index contributed by atoms with van der Waals surface area (Å²) in [7, 11) is 0. The van der Waals surface area contributed by atoms with Crippen LogP contribution in [-0.4, -0.2) is 31.1 Å². The van der Waals surface area contributed by atoms with Crippen molar-refractivity contribution in [3.8, 4) is 0 Å². The van der Waals surface area contributed by atoms with Gasteiger partial charge in [0.2, 0.25) is 0 Å². The van der Waals surface area contributed by atoms with Crippen LogP contribution in [-0.2, 0) is 0 Å². The zero-order chi connectivity index (χ0) is 15.1. The molecule has 0 saturated heterocycles. The van der Waals surface area contributed by atoms with E-state index in [1.54, 1.807) is 24.3 Å². The lowest BCUT2D eigenvalue weighted by Gasteiger charge is -2.15. The largest absolute Gasteiger partial charge is 0.351 e. The zero-order valence-electron chi connectivity index (χ0n) is 12.0. The number of hydrogen-bond acceptors (Lipinski definition) is 3. The number of carbonyl (C=O) groups is 2. The first-order chi connectivity index (χ1) is 10.2. The Bertz CT molecular complexity index is 498. The number of para-hydroxylation sites is 1. The average Bonchev–Trinajstić information content (AvgIpc) is 2.98. The molecular weight excluding hydrogens is 268 g/mol. The van der Waals surface area contributed by atoms with Gasteiger partial charge in [-0.05, 0) is 25.0 Å². The monoisotopic (exact) mass is 290 g/mol. The number of anilines is 1. The molecule has 0 heterocycles. The third-order valence-corrected chi connectivity index (χ3v) is 3.54. The molecule has 1 aromatic carbocycles. The molecule has 5 N–H and O–H groups in total. The second-order valence-electron chi connectivity index (χ2n) is 5.17. The molecule has 0 atom stereocenters. The number of amides is 3. The molecule has 3 amide bonds. The smallest absolute Gasteiger partial charge is 0.319 e. The number of carbonyl (C=O) groups excluding carboxylic acids is 2. The second kappa shape index (κ2) is 7.64. The van der Waals surface area contributed by atoms with Gasteiger partial charge in [-0.3, -0.25) is 4.79 Å². The number of rotatable bonds is 5. The third-order valence-electron chi connectivity index (χ3n) is 3.54. The van der Waals surface area contributed by atoms with Gasteiger partial charge in [-0.25, -0.2) is 4.79 Å². The lowest BCUT2D eigenvalue weighted by molar-refractivity contribution is 0.0955. The SMILES string of the molecule is NCCNC(=O)c1ccccc1NC(=O)NC1CCCC1. The lowest BCUT2D eigenvalue weighted by Crippen LogP contribution is -2.37. The number of nitrogens with one attached hydrogen (secondary N) is 3. The Morgan fingerprint density at radius 2 is 1.90 bits per heavy atom. The molecule has 6 nitrogen and oxygen atoms in total. The van der Waals surface area contributed by atoms with Crippen LogP contribution in [0.4, 0.5) is 10.5 Å². The summed E-state index contributed by atoms with van der Waals surface area (Å²) in [5, 5.41) is 8.39. The number of urea groups is 1. The predicted octanol–water partition coefficient (Wildman–Crippen LogP) is 1.44. The van der Waals surface area contributed by atoms with Crippen LogP contribution in [0.15, 0.2) is 24.3 Å². The Hall–Kier alpha value is -2.08. The van der Waals surface area contributed by atoms with Crippen LogP contribution in [0, 0.1) is 0 Å². The Balaban J connectivity index is 1.98. The van der Waals surface area contributed by atoms with Crippen LogP contribution >= 0.6 is 0 Å². The standard InChI is InChI=1S/C15H22N4O2/c16-9-10-17-14(20)12-7-3-4-8-13(12)19-15(21)18-11-5-1-2-6-11/h3-4,7-8,11H,1-2,5-6,9-10,16H2,(H,17,20)(H2,18,19,21). The fourth-order valence-corrected chi connectivity index (χ4v) is 2.48. The summed E-state index contributed by atoms with van der Waals surface area (Å²) in [6.45, 7) is 0.783. The molecule has 1 aliphatic rings. The van der Waals surface area contributed by atoms with Gasteiger partial charge in [0.05, 0.1) is 11.3 Å². The van der Waals surface area contributed by atoms with Gasteiger partial charge >= 0.3 is 6.03 Å². The molecule has 0 unspecified atom stereocenters. The van der Waals surface area contributed by atoms with Crippen molar-refractivity contribution in [1.29, 1.82) is 0 Å². The van der Waals surface area contributed by atoms with Crippen LogP contribution in [0.1, 0.15) is 36.0 Å². The first kappa shape index (κ1) is 15.3. The van der Waals surface area contributed by atoms with Crippen molar-refractivity contribution in [3.63, 3.8) is 0 Å². The normalized spacial score (nSPS) is 14.7. The van der Waals surface area contributed by atoms with Crippen molar-refractivity contribution in [2.45, 2.75) is 31.7 Å². The van der Waals surface area contributed by atoms with E-state index < -0.39 is 0 Å². The van der Waals surface area contributed by atoms with Gasteiger partial charge in [-0.15, -0.1) is 0 Å². The van der Waals surface area contributed by atoms with Gasteiger partial charge < -0.3 is 21.7 Å². The van der Waals surface area contributed by atoms with Crippen molar-refractivity contribution in [1.82, 2.24) is 10.6 Å². The quantitative estimate of drug-likeness (QED) is 0.660. The van der Waals surface area contributed by atoms with Crippen molar-refractivity contribution >= 4 is 17.6 Å². The average molecular weight is 290 g/mol. The van der Waals surface area contributed by atoms with Gasteiger partial charge in [0.25, 0.3) is 5.91 Å². The molecule has 114 valence electrons. The van der Waals surface area contributed by atoms with Crippen molar-refractivity contribution in [2.24, 2.45) is 5.73 Å². The Labute approximate surface area is 124 Å². The molecule has 0 radical (unpaired) electrons. The second-order valence-corrected chi connectivity index (χ2v) is 5.17. The maximum atomic E-state index is 12.0.